The number of nitrogens with zero attached hydrogens (tertiary/aromatic N) is 3. The Bertz CT molecular complexity index is 862. The Morgan fingerprint density at radius 2 is 2.00 bits per heavy atom. The molecule has 5 heteroatoms. The molecule has 0 radical (unpaired) electrons. The number of β-amino-alcohol motifs (C(OH)–C–C–N with tert-alkyl or cyclic N) is 1. The van der Waals surface area contributed by atoms with E-state index in [1.807, 2.05) is 13.0 Å². The van der Waals surface area contributed by atoms with Gasteiger partial charge in [0.15, 0.2) is 0 Å². The number of thiophene rings is 1. The van der Waals surface area contributed by atoms with Crippen molar-refractivity contribution in [1.29, 1.82) is 0 Å². The van der Waals surface area contributed by atoms with Crippen molar-refractivity contribution in [2.45, 2.75) is 26.4 Å². The number of aromatic nitrogens is 2. The summed E-state index contributed by atoms with van der Waals surface area (Å²) in [7, 11) is 0. The lowest BCUT2D eigenvalue weighted by atomic mass is 9.95. The molecule has 3 heterocycles. The number of anilines is 1. The highest BCUT2D eigenvalue weighted by molar-refractivity contribution is 7.17. The lowest BCUT2D eigenvalue weighted by Crippen LogP contribution is -2.43. The van der Waals surface area contributed by atoms with E-state index < -0.39 is 0 Å². The van der Waals surface area contributed by atoms with E-state index in [1.54, 1.807) is 11.3 Å². The fourth-order valence-electron chi connectivity index (χ4n) is 3.33. The number of fused-ring (bicyclic) bond motifs is 1. The molecule has 0 spiro atoms. The number of piperidine rings is 1. The molecule has 3 aromatic rings. The normalized spacial score (nSPS) is 21.4. The fourth-order valence-corrected chi connectivity index (χ4v) is 4.31. The van der Waals surface area contributed by atoms with Gasteiger partial charge >= 0.3 is 0 Å². The molecule has 2 atom stereocenters. The molecule has 0 amide bonds. The van der Waals surface area contributed by atoms with E-state index in [1.165, 1.54) is 11.1 Å². The highest BCUT2D eigenvalue weighted by Crippen LogP contribution is 2.39. The van der Waals surface area contributed by atoms with Crippen molar-refractivity contribution in [1.82, 2.24) is 9.97 Å². The molecular formula is C19H21N3OS. The molecule has 1 aliphatic heterocycles. The summed E-state index contributed by atoms with van der Waals surface area (Å²) in [6.45, 7) is 5.61. The Morgan fingerprint density at radius 1 is 1.21 bits per heavy atom. The Balaban J connectivity index is 1.87. The molecule has 24 heavy (non-hydrogen) atoms. The van der Waals surface area contributed by atoms with E-state index in [2.05, 4.69) is 46.5 Å². The standard InChI is InChI=1S/C19H21N3OS/c1-12-8-9-22(10-16(12)23)18-17-15(14-6-4-3-5-7-14)11-24-19(17)21-13(2)20-18/h3-7,11-12,16,23H,8-10H2,1-2H3. The predicted molar refractivity (Wildman–Crippen MR) is 99.6 cm³/mol. The summed E-state index contributed by atoms with van der Waals surface area (Å²) in [4.78, 5) is 12.6. The Hall–Kier alpha value is -1.98. The van der Waals surface area contributed by atoms with Crippen LogP contribution in [0.2, 0.25) is 0 Å². The number of hydrogen-bond donors (Lipinski definition) is 1. The Morgan fingerprint density at radius 3 is 2.75 bits per heavy atom. The van der Waals surface area contributed by atoms with Gasteiger partial charge in [0, 0.05) is 24.0 Å². The Kier molecular flexibility index (Phi) is 3.98. The van der Waals surface area contributed by atoms with Crippen LogP contribution in [0, 0.1) is 12.8 Å². The third-order valence-electron chi connectivity index (χ3n) is 4.83. The van der Waals surface area contributed by atoms with Gasteiger partial charge in [-0.25, -0.2) is 9.97 Å². The lowest BCUT2D eigenvalue weighted by Gasteiger charge is -2.35. The van der Waals surface area contributed by atoms with Gasteiger partial charge in [0.05, 0.1) is 11.5 Å². The van der Waals surface area contributed by atoms with Gasteiger partial charge in [0.25, 0.3) is 0 Å². The van der Waals surface area contributed by atoms with Crippen molar-refractivity contribution >= 4 is 27.4 Å². The van der Waals surface area contributed by atoms with E-state index in [4.69, 9.17) is 4.98 Å². The second-order valence-electron chi connectivity index (χ2n) is 6.57. The molecular weight excluding hydrogens is 318 g/mol. The van der Waals surface area contributed by atoms with Gasteiger partial charge in [0.1, 0.15) is 16.5 Å². The summed E-state index contributed by atoms with van der Waals surface area (Å²) in [5, 5.41) is 13.6. The van der Waals surface area contributed by atoms with Gasteiger partial charge in [-0.1, -0.05) is 37.3 Å². The Labute approximate surface area is 145 Å². The van der Waals surface area contributed by atoms with Gasteiger partial charge < -0.3 is 10.0 Å². The van der Waals surface area contributed by atoms with Crippen molar-refractivity contribution in [3.05, 3.63) is 41.5 Å². The van der Waals surface area contributed by atoms with E-state index in [0.717, 1.165) is 34.8 Å². The summed E-state index contributed by atoms with van der Waals surface area (Å²) < 4.78 is 0. The van der Waals surface area contributed by atoms with E-state index in [-0.39, 0.29) is 6.10 Å². The van der Waals surface area contributed by atoms with Crippen molar-refractivity contribution in [2.24, 2.45) is 5.92 Å². The first kappa shape index (κ1) is 15.5. The average Bonchev–Trinajstić information content (AvgIpc) is 3.01. The molecule has 0 bridgehead atoms. The van der Waals surface area contributed by atoms with Crippen LogP contribution in [0.4, 0.5) is 5.82 Å². The largest absolute Gasteiger partial charge is 0.391 e. The molecule has 4 nitrogen and oxygen atoms in total. The quantitative estimate of drug-likeness (QED) is 0.770. The topological polar surface area (TPSA) is 49.2 Å². The minimum atomic E-state index is -0.303. The first-order valence-electron chi connectivity index (χ1n) is 8.38. The second-order valence-corrected chi connectivity index (χ2v) is 7.43. The van der Waals surface area contributed by atoms with Gasteiger partial charge in [0.2, 0.25) is 0 Å². The van der Waals surface area contributed by atoms with Crippen molar-refractivity contribution in [2.75, 3.05) is 18.0 Å². The maximum atomic E-state index is 10.3. The minimum absolute atomic E-state index is 0.303. The average molecular weight is 339 g/mol. The first-order chi connectivity index (χ1) is 11.6. The van der Waals surface area contributed by atoms with Gasteiger partial charge in [-0.3, -0.25) is 0 Å². The summed E-state index contributed by atoms with van der Waals surface area (Å²) in [6.07, 6.45) is 0.680. The molecule has 2 unspecified atom stereocenters. The molecule has 1 N–H and O–H groups in total. The fraction of sp³-hybridized carbons (Fsp3) is 0.368. The molecule has 0 aliphatic carbocycles. The maximum Gasteiger partial charge on any atom is 0.141 e. The van der Waals surface area contributed by atoms with Crippen LogP contribution in [0.15, 0.2) is 35.7 Å². The van der Waals surface area contributed by atoms with E-state index in [9.17, 15) is 5.11 Å². The number of aliphatic hydroxyl groups excluding tert-OH is 1. The minimum Gasteiger partial charge on any atom is -0.391 e. The van der Waals surface area contributed by atoms with E-state index in [0.29, 0.717) is 12.5 Å². The molecule has 1 saturated heterocycles. The van der Waals surface area contributed by atoms with Crippen LogP contribution in [0.1, 0.15) is 19.2 Å². The van der Waals surface area contributed by atoms with Crippen molar-refractivity contribution in [3.8, 4) is 11.1 Å². The first-order valence-corrected chi connectivity index (χ1v) is 9.25. The van der Waals surface area contributed by atoms with Crippen LogP contribution in [0.3, 0.4) is 0 Å². The number of hydrogen-bond acceptors (Lipinski definition) is 5. The van der Waals surface area contributed by atoms with Crippen LogP contribution in [-0.2, 0) is 0 Å². The van der Waals surface area contributed by atoms with Crippen LogP contribution in [-0.4, -0.2) is 34.3 Å². The number of benzene rings is 1. The number of aryl methyl sites for hydroxylation is 1. The summed E-state index contributed by atoms with van der Waals surface area (Å²) in [5.74, 6) is 2.09. The highest BCUT2D eigenvalue weighted by Gasteiger charge is 2.27. The van der Waals surface area contributed by atoms with Crippen molar-refractivity contribution < 1.29 is 5.11 Å². The zero-order valence-electron chi connectivity index (χ0n) is 13.9. The van der Waals surface area contributed by atoms with Gasteiger partial charge in [-0.15, -0.1) is 11.3 Å². The van der Waals surface area contributed by atoms with Gasteiger partial charge in [-0.05, 0) is 24.8 Å². The summed E-state index contributed by atoms with van der Waals surface area (Å²) in [5.41, 5.74) is 2.36. The molecule has 1 fully saturated rings. The zero-order valence-corrected chi connectivity index (χ0v) is 14.8. The summed E-state index contributed by atoms with van der Waals surface area (Å²) >= 11 is 1.66. The third kappa shape index (κ3) is 2.68. The highest BCUT2D eigenvalue weighted by atomic mass is 32.1. The van der Waals surface area contributed by atoms with Crippen LogP contribution >= 0.6 is 11.3 Å². The van der Waals surface area contributed by atoms with Crippen LogP contribution < -0.4 is 4.90 Å². The molecule has 124 valence electrons. The summed E-state index contributed by atoms with van der Waals surface area (Å²) in [6, 6.07) is 10.4. The number of rotatable bonds is 2. The van der Waals surface area contributed by atoms with Crippen LogP contribution in [0.5, 0.6) is 0 Å². The third-order valence-corrected chi connectivity index (χ3v) is 5.70. The second kappa shape index (κ2) is 6.15. The molecule has 0 saturated carbocycles. The number of aliphatic hydroxyl groups is 1. The molecule has 1 aromatic carbocycles. The molecule has 4 rings (SSSR count). The SMILES string of the molecule is Cc1nc(N2CCC(C)C(O)C2)c2c(-c3ccccc3)csc2n1. The predicted octanol–water partition coefficient (Wildman–Crippen LogP) is 3.87. The zero-order chi connectivity index (χ0) is 16.7. The van der Waals surface area contributed by atoms with Gasteiger partial charge in [-0.2, -0.15) is 0 Å². The maximum absolute atomic E-state index is 10.3. The smallest absolute Gasteiger partial charge is 0.141 e. The van der Waals surface area contributed by atoms with E-state index >= 15 is 0 Å². The van der Waals surface area contributed by atoms with Crippen LogP contribution in [0.25, 0.3) is 21.3 Å². The lowest BCUT2D eigenvalue weighted by molar-refractivity contribution is 0.102. The molecule has 1 aliphatic rings. The van der Waals surface area contributed by atoms with Crippen molar-refractivity contribution in [3.63, 3.8) is 0 Å². The monoisotopic (exact) mass is 339 g/mol. The molecule has 2 aromatic heterocycles.